The van der Waals surface area contributed by atoms with Gasteiger partial charge >= 0.3 is 5.97 Å². The molecule has 0 radical (unpaired) electrons. The highest BCUT2D eigenvalue weighted by Crippen LogP contribution is 2.21. The summed E-state index contributed by atoms with van der Waals surface area (Å²) >= 11 is 0. The Morgan fingerprint density at radius 3 is 3.00 bits per heavy atom. The van der Waals surface area contributed by atoms with Crippen LogP contribution in [0.25, 0.3) is 17.2 Å². The van der Waals surface area contributed by atoms with Gasteiger partial charge in [0.1, 0.15) is 5.52 Å². The third kappa shape index (κ3) is 1.80. The molecule has 0 aliphatic rings. The van der Waals surface area contributed by atoms with Crippen LogP contribution in [0, 0.1) is 0 Å². The van der Waals surface area contributed by atoms with Gasteiger partial charge in [0.2, 0.25) is 5.89 Å². The summed E-state index contributed by atoms with van der Waals surface area (Å²) in [6, 6.07) is 5.17. The average Bonchev–Trinajstić information content (AvgIpc) is 2.59. The topological polar surface area (TPSA) is 89.3 Å². The molecule has 0 saturated carbocycles. The van der Waals surface area contributed by atoms with E-state index < -0.39 is 5.97 Å². The molecule has 0 amide bonds. The average molecular weight is 204 g/mol. The molecule has 1 heterocycles. The van der Waals surface area contributed by atoms with Gasteiger partial charge in [0.15, 0.2) is 5.58 Å². The lowest BCUT2D eigenvalue weighted by Gasteiger charge is -1.89. The van der Waals surface area contributed by atoms with Gasteiger partial charge in [-0.25, -0.2) is 9.78 Å². The van der Waals surface area contributed by atoms with Crippen molar-refractivity contribution >= 4 is 28.8 Å². The molecular weight excluding hydrogens is 196 g/mol. The van der Waals surface area contributed by atoms with Crippen LogP contribution < -0.4 is 5.73 Å². The van der Waals surface area contributed by atoms with E-state index in [9.17, 15) is 4.79 Å². The number of fused-ring (bicyclic) bond motifs is 1. The van der Waals surface area contributed by atoms with Crippen LogP contribution in [0.15, 0.2) is 28.7 Å². The molecule has 2 aromatic rings. The number of aliphatic carboxylic acids is 1. The van der Waals surface area contributed by atoms with Gasteiger partial charge in [-0.05, 0) is 12.1 Å². The van der Waals surface area contributed by atoms with Gasteiger partial charge in [-0.3, -0.25) is 0 Å². The molecule has 0 spiro atoms. The minimum absolute atomic E-state index is 0.227. The summed E-state index contributed by atoms with van der Waals surface area (Å²) in [5.41, 5.74) is 7.25. The van der Waals surface area contributed by atoms with Crippen LogP contribution in [0.4, 0.5) is 5.69 Å². The van der Waals surface area contributed by atoms with Crippen molar-refractivity contribution < 1.29 is 14.3 Å². The number of oxazole rings is 1. The van der Waals surface area contributed by atoms with E-state index in [2.05, 4.69) is 4.98 Å². The summed E-state index contributed by atoms with van der Waals surface area (Å²) in [5.74, 6) is -0.824. The van der Waals surface area contributed by atoms with Gasteiger partial charge < -0.3 is 15.3 Å². The highest BCUT2D eigenvalue weighted by atomic mass is 16.4. The van der Waals surface area contributed by atoms with Gasteiger partial charge in [0.25, 0.3) is 0 Å². The molecule has 2 rings (SSSR count). The van der Waals surface area contributed by atoms with Crippen molar-refractivity contribution in [3.8, 4) is 0 Å². The van der Waals surface area contributed by atoms with Crippen molar-refractivity contribution in [2.24, 2.45) is 0 Å². The number of hydrogen-bond donors (Lipinski definition) is 2. The van der Waals surface area contributed by atoms with Gasteiger partial charge in [-0.1, -0.05) is 6.07 Å². The number of carboxylic acid groups (broad SMARTS) is 1. The summed E-state index contributed by atoms with van der Waals surface area (Å²) < 4.78 is 5.26. The number of benzene rings is 1. The largest absolute Gasteiger partial charge is 0.478 e. The Balaban J connectivity index is 2.48. The Hall–Kier alpha value is -2.30. The fraction of sp³-hybridized carbons (Fsp3) is 0. The number of rotatable bonds is 2. The first-order valence-electron chi connectivity index (χ1n) is 4.23. The van der Waals surface area contributed by atoms with Gasteiger partial charge in [-0.15, -0.1) is 0 Å². The van der Waals surface area contributed by atoms with E-state index in [1.165, 1.54) is 6.08 Å². The Bertz CT molecular complexity index is 543. The second kappa shape index (κ2) is 3.45. The summed E-state index contributed by atoms with van der Waals surface area (Å²) in [6.07, 6.45) is 2.24. The van der Waals surface area contributed by atoms with Crippen molar-refractivity contribution in [3.05, 3.63) is 30.2 Å². The smallest absolute Gasteiger partial charge is 0.328 e. The van der Waals surface area contributed by atoms with Crippen LogP contribution in [0.5, 0.6) is 0 Å². The minimum Gasteiger partial charge on any atom is -0.478 e. The predicted molar refractivity (Wildman–Crippen MR) is 55.1 cm³/mol. The SMILES string of the molecule is Nc1cccc2oc(/C=C\C(=O)O)nc12. The molecule has 0 bridgehead atoms. The maximum absolute atomic E-state index is 10.3. The van der Waals surface area contributed by atoms with E-state index in [0.29, 0.717) is 16.8 Å². The Morgan fingerprint density at radius 1 is 1.53 bits per heavy atom. The minimum atomic E-state index is -1.05. The first-order valence-corrected chi connectivity index (χ1v) is 4.23. The molecular formula is C10H8N2O3. The third-order valence-corrected chi connectivity index (χ3v) is 1.84. The fourth-order valence-electron chi connectivity index (χ4n) is 1.20. The number of carboxylic acids is 1. The standard InChI is InChI=1S/C10H8N2O3/c11-6-2-1-3-7-10(6)12-8(15-7)4-5-9(13)14/h1-5H,11H2,(H,13,14)/b5-4-. The zero-order valence-corrected chi connectivity index (χ0v) is 7.68. The fourth-order valence-corrected chi connectivity index (χ4v) is 1.20. The molecule has 15 heavy (non-hydrogen) atoms. The molecule has 0 atom stereocenters. The summed E-state index contributed by atoms with van der Waals surface area (Å²) in [5, 5.41) is 8.42. The van der Waals surface area contributed by atoms with E-state index in [1.807, 2.05) is 0 Å². The van der Waals surface area contributed by atoms with E-state index >= 15 is 0 Å². The molecule has 0 aliphatic heterocycles. The quantitative estimate of drug-likeness (QED) is 0.571. The Kier molecular flexibility index (Phi) is 2.13. The second-order valence-corrected chi connectivity index (χ2v) is 2.92. The molecule has 76 valence electrons. The number of nitrogens with zero attached hydrogens (tertiary/aromatic N) is 1. The number of para-hydroxylation sites is 1. The molecule has 1 aromatic carbocycles. The first-order chi connectivity index (χ1) is 7.16. The highest BCUT2D eigenvalue weighted by molar-refractivity contribution is 5.88. The zero-order chi connectivity index (χ0) is 10.8. The zero-order valence-electron chi connectivity index (χ0n) is 7.68. The van der Waals surface area contributed by atoms with Crippen LogP contribution in [0.2, 0.25) is 0 Å². The predicted octanol–water partition coefficient (Wildman–Crippen LogP) is 1.51. The maximum atomic E-state index is 10.3. The number of aromatic nitrogens is 1. The van der Waals surface area contributed by atoms with E-state index in [0.717, 1.165) is 6.08 Å². The molecule has 0 unspecified atom stereocenters. The lowest BCUT2D eigenvalue weighted by atomic mass is 10.3. The molecule has 0 aliphatic carbocycles. The van der Waals surface area contributed by atoms with Crippen LogP contribution in [0.1, 0.15) is 5.89 Å². The third-order valence-electron chi connectivity index (χ3n) is 1.84. The van der Waals surface area contributed by atoms with Crippen molar-refractivity contribution in [1.29, 1.82) is 0 Å². The van der Waals surface area contributed by atoms with Gasteiger partial charge in [-0.2, -0.15) is 0 Å². The number of anilines is 1. The van der Waals surface area contributed by atoms with Crippen molar-refractivity contribution in [2.45, 2.75) is 0 Å². The van der Waals surface area contributed by atoms with E-state index in [1.54, 1.807) is 18.2 Å². The number of hydrogen-bond acceptors (Lipinski definition) is 4. The second-order valence-electron chi connectivity index (χ2n) is 2.92. The molecule has 0 saturated heterocycles. The lowest BCUT2D eigenvalue weighted by Crippen LogP contribution is -1.86. The summed E-state index contributed by atoms with van der Waals surface area (Å²) in [7, 11) is 0. The van der Waals surface area contributed by atoms with Gasteiger partial charge in [0.05, 0.1) is 5.69 Å². The number of nitrogen functional groups attached to an aromatic ring is 1. The van der Waals surface area contributed by atoms with E-state index in [4.69, 9.17) is 15.3 Å². The Labute approximate surface area is 84.8 Å². The number of nitrogens with two attached hydrogens (primary N) is 1. The number of carbonyl (C=O) groups is 1. The molecule has 3 N–H and O–H groups in total. The first kappa shape index (κ1) is 9.26. The van der Waals surface area contributed by atoms with Crippen molar-refractivity contribution in [3.63, 3.8) is 0 Å². The van der Waals surface area contributed by atoms with E-state index in [-0.39, 0.29) is 5.89 Å². The maximum Gasteiger partial charge on any atom is 0.328 e. The van der Waals surface area contributed by atoms with Crippen molar-refractivity contribution in [1.82, 2.24) is 4.98 Å². The van der Waals surface area contributed by atoms with Gasteiger partial charge in [0, 0.05) is 12.2 Å². The van der Waals surface area contributed by atoms with Crippen LogP contribution in [-0.4, -0.2) is 16.1 Å². The normalized spacial score (nSPS) is 11.2. The van der Waals surface area contributed by atoms with Crippen LogP contribution in [-0.2, 0) is 4.79 Å². The van der Waals surface area contributed by atoms with Crippen molar-refractivity contribution in [2.75, 3.05) is 5.73 Å². The lowest BCUT2D eigenvalue weighted by molar-refractivity contribution is -0.131. The monoisotopic (exact) mass is 204 g/mol. The molecule has 5 heteroatoms. The van der Waals surface area contributed by atoms with Crippen LogP contribution >= 0.6 is 0 Å². The summed E-state index contributed by atoms with van der Waals surface area (Å²) in [6.45, 7) is 0. The molecule has 5 nitrogen and oxygen atoms in total. The summed E-state index contributed by atoms with van der Waals surface area (Å²) in [4.78, 5) is 14.3. The van der Waals surface area contributed by atoms with Crippen LogP contribution in [0.3, 0.4) is 0 Å². The Morgan fingerprint density at radius 2 is 2.33 bits per heavy atom. The molecule has 0 fully saturated rings. The highest BCUT2D eigenvalue weighted by Gasteiger charge is 2.05. The molecule has 1 aromatic heterocycles.